The molecule has 1 aromatic carbocycles. The molecule has 0 unspecified atom stereocenters. The van der Waals surface area contributed by atoms with Crippen molar-refractivity contribution in [2.45, 2.75) is 44.8 Å². The first kappa shape index (κ1) is 15.0. The maximum Gasteiger partial charge on any atom is 0.251 e. The fraction of sp³-hybridized carbons (Fsp3) is 0.562. The Morgan fingerprint density at radius 3 is 2.45 bits per heavy atom. The third kappa shape index (κ3) is 4.62. The molecule has 20 heavy (non-hydrogen) atoms. The summed E-state index contributed by atoms with van der Waals surface area (Å²) in [5.74, 6) is -0.0223. The minimum absolute atomic E-state index is 0.0223. The number of hydrogen-bond acceptors (Lipinski definition) is 3. The minimum Gasteiger partial charge on any atom is -0.393 e. The lowest BCUT2D eigenvalue weighted by Crippen LogP contribution is -2.39. The van der Waals surface area contributed by atoms with E-state index in [-0.39, 0.29) is 12.0 Å². The molecule has 1 saturated carbocycles. The Morgan fingerprint density at radius 1 is 1.15 bits per heavy atom. The molecular formula is C16H24N2O2. The van der Waals surface area contributed by atoms with Crippen LogP contribution >= 0.6 is 0 Å². The van der Waals surface area contributed by atoms with E-state index < -0.39 is 0 Å². The van der Waals surface area contributed by atoms with Gasteiger partial charge in [0.1, 0.15) is 0 Å². The van der Waals surface area contributed by atoms with E-state index in [2.05, 4.69) is 10.6 Å². The van der Waals surface area contributed by atoms with E-state index in [0.29, 0.717) is 18.2 Å². The van der Waals surface area contributed by atoms with Gasteiger partial charge in [0.2, 0.25) is 0 Å². The van der Waals surface area contributed by atoms with Gasteiger partial charge in [-0.05, 0) is 44.7 Å². The molecule has 4 heteroatoms. The average Bonchev–Trinajstić information content (AvgIpc) is 2.46. The lowest BCUT2D eigenvalue weighted by molar-refractivity contribution is 0.0952. The van der Waals surface area contributed by atoms with Crippen molar-refractivity contribution in [2.24, 2.45) is 0 Å². The van der Waals surface area contributed by atoms with Gasteiger partial charge in [0.25, 0.3) is 5.91 Å². The highest BCUT2D eigenvalue weighted by molar-refractivity contribution is 5.94. The van der Waals surface area contributed by atoms with Gasteiger partial charge in [0.05, 0.1) is 6.10 Å². The van der Waals surface area contributed by atoms with E-state index in [1.54, 1.807) is 0 Å². The first-order valence-corrected chi connectivity index (χ1v) is 7.41. The number of hydrogen-bond donors (Lipinski definition) is 3. The lowest BCUT2D eigenvalue weighted by Gasteiger charge is -2.26. The summed E-state index contributed by atoms with van der Waals surface area (Å²) in [7, 11) is 0. The first-order valence-electron chi connectivity index (χ1n) is 7.41. The summed E-state index contributed by atoms with van der Waals surface area (Å²) in [6.45, 7) is 3.41. The topological polar surface area (TPSA) is 61.4 Å². The number of benzene rings is 1. The first-order chi connectivity index (χ1) is 9.65. The van der Waals surface area contributed by atoms with Crippen LogP contribution in [0.25, 0.3) is 0 Å². The zero-order valence-corrected chi connectivity index (χ0v) is 12.1. The summed E-state index contributed by atoms with van der Waals surface area (Å²) in [6.07, 6.45) is 3.69. The Morgan fingerprint density at radius 2 is 1.80 bits per heavy atom. The Bertz CT molecular complexity index is 423. The fourth-order valence-corrected chi connectivity index (χ4v) is 2.54. The smallest absolute Gasteiger partial charge is 0.251 e. The highest BCUT2D eigenvalue weighted by Crippen LogP contribution is 2.17. The summed E-state index contributed by atoms with van der Waals surface area (Å²) in [6, 6.07) is 8.07. The molecule has 3 N–H and O–H groups in total. The largest absolute Gasteiger partial charge is 0.393 e. The molecule has 0 aliphatic heterocycles. The van der Waals surface area contributed by atoms with Crippen LogP contribution in [-0.4, -0.2) is 36.2 Å². The number of aryl methyl sites for hydroxylation is 1. The predicted octanol–water partition coefficient (Wildman–Crippen LogP) is 1.62. The van der Waals surface area contributed by atoms with Crippen LogP contribution in [0.1, 0.15) is 41.6 Å². The van der Waals surface area contributed by atoms with Crippen LogP contribution in [-0.2, 0) is 0 Å². The molecule has 1 aliphatic carbocycles. The zero-order valence-electron chi connectivity index (χ0n) is 12.1. The SMILES string of the molecule is Cc1ccc(C(=O)NCCNC2CCC(O)CC2)cc1. The second-order valence-corrected chi connectivity index (χ2v) is 5.58. The molecule has 0 radical (unpaired) electrons. The molecule has 1 aliphatic rings. The molecule has 0 spiro atoms. The molecule has 4 nitrogen and oxygen atoms in total. The van der Waals surface area contributed by atoms with Crippen molar-refractivity contribution >= 4 is 5.91 Å². The molecule has 0 aromatic heterocycles. The maximum atomic E-state index is 11.9. The summed E-state index contributed by atoms with van der Waals surface area (Å²) < 4.78 is 0. The van der Waals surface area contributed by atoms with E-state index in [1.807, 2.05) is 31.2 Å². The van der Waals surface area contributed by atoms with E-state index in [4.69, 9.17) is 0 Å². The number of aliphatic hydroxyl groups excluding tert-OH is 1. The van der Waals surface area contributed by atoms with Crippen LogP contribution in [0.3, 0.4) is 0 Å². The third-order valence-electron chi connectivity index (χ3n) is 3.85. The van der Waals surface area contributed by atoms with Crippen LogP contribution < -0.4 is 10.6 Å². The van der Waals surface area contributed by atoms with Crippen LogP contribution in [0.2, 0.25) is 0 Å². The van der Waals surface area contributed by atoms with Crippen molar-refractivity contribution in [3.63, 3.8) is 0 Å². The second kappa shape index (κ2) is 7.41. The number of carbonyl (C=O) groups is 1. The van der Waals surface area contributed by atoms with Crippen LogP contribution in [0.4, 0.5) is 0 Å². The second-order valence-electron chi connectivity index (χ2n) is 5.58. The van der Waals surface area contributed by atoms with Crippen LogP contribution in [0.5, 0.6) is 0 Å². The third-order valence-corrected chi connectivity index (χ3v) is 3.85. The van der Waals surface area contributed by atoms with Gasteiger partial charge in [-0.1, -0.05) is 17.7 Å². The Balaban J connectivity index is 1.63. The van der Waals surface area contributed by atoms with Crippen LogP contribution in [0, 0.1) is 6.92 Å². The van der Waals surface area contributed by atoms with Crippen molar-refractivity contribution in [3.8, 4) is 0 Å². The normalized spacial score (nSPS) is 22.5. The number of amides is 1. The van der Waals surface area contributed by atoms with Gasteiger partial charge in [-0.25, -0.2) is 0 Å². The van der Waals surface area contributed by atoms with Gasteiger partial charge in [-0.2, -0.15) is 0 Å². The molecule has 0 bridgehead atoms. The molecular weight excluding hydrogens is 252 g/mol. The predicted molar refractivity (Wildman–Crippen MR) is 79.8 cm³/mol. The highest BCUT2D eigenvalue weighted by Gasteiger charge is 2.18. The minimum atomic E-state index is -0.116. The number of nitrogens with one attached hydrogen (secondary N) is 2. The molecule has 110 valence electrons. The number of aliphatic hydroxyl groups is 1. The summed E-state index contributed by atoms with van der Waals surface area (Å²) in [5, 5.41) is 15.8. The van der Waals surface area contributed by atoms with Gasteiger partial charge in [0.15, 0.2) is 0 Å². The van der Waals surface area contributed by atoms with Gasteiger partial charge < -0.3 is 15.7 Å². The molecule has 0 heterocycles. The number of carbonyl (C=O) groups excluding carboxylic acids is 1. The molecule has 1 fully saturated rings. The standard InChI is InChI=1S/C16H24N2O2/c1-12-2-4-13(5-3-12)16(20)18-11-10-17-14-6-8-15(19)9-7-14/h2-5,14-15,17,19H,6-11H2,1H3,(H,18,20). The van der Waals surface area contributed by atoms with Gasteiger partial charge >= 0.3 is 0 Å². The Kier molecular flexibility index (Phi) is 5.56. The van der Waals surface area contributed by atoms with Gasteiger partial charge in [-0.15, -0.1) is 0 Å². The van der Waals surface area contributed by atoms with Crippen molar-refractivity contribution in [3.05, 3.63) is 35.4 Å². The molecule has 0 saturated heterocycles. The monoisotopic (exact) mass is 276 g/mol. The Hall–Kier alpha value is -1.39. The summed E-state index contributed by atoms with van der Waals surface area (Å²) in [5.41, 5.74) is 1.86. The van der Waals surface area contributed by atoms with E-state index in [1.165, 1.54) is 0 Å². The van der Waals surface area contributed by atoms with Gasteiger partial charge in [-0.3, -0.25) is 4.79 Å². The van der Waals surface area contributed by atoms with Crippen LogP contribution in [0.15, 0.2) is 24.3 Å². The fourth-order valence-electron chi connectivity index (χ4n) is 2.54. The molecule has 2 rings (SSSR count). The van der Waals surface area contributed by atoms with Crippen molar-refractivity contribution < 1.29 is 9.90 Å². The van der Waals surface area contributed by atoms with E-state index in [0.717, 1.165) is 37.8 Å². The molecule has 1 amide bonds. The zero-order chi connectivity index (χ0) is 14.4. The average molecular weight is 276 g/mol. The highest BCUT2D eigenvalue weighted by atomic mass is 16.3. The molecule has 0 atom stereocenters. The van der Waals surface area contributed by atoms with Gasteiger partial charge in [0, 0.05) is 24.7 Å². The number of rotatable bonds is 5. The lowest BCUT2D eigenvalue weighted by atomic mass is 9.93. The van der Waals surface area contributed by atoms with Crippen molar-refractivity contribution in [2.75, 3.05) is 13.1 Å². The van der Waals surface area contributed by atoms with E-state index >= 15 is 0 Å². The van der Waals surface area contributed by atoms with Crippen molar-refractivity contribution in [1.82, 2.24) is 10.6 Å². The summed E-state index contributed by atoms with van der Waals surface area (Å²) >= 11 is 0. The van der Waals surface area contributed by atoms with Crippen molar-refractivity contribution in [1.29, 1.82) is 0 Å². The maximum absolute atomic E-state index is 11.9. The van der Waals surface area contributed by atoms with E-state index in [9.17, 15) is 9.90 Å². The summed E-state index contributed by atoms with van der Waals surface area (Å²) in [4.78, 5) is 11.9. The quantitative estimate of drug-likeness (QED) is 0.716. The Labute approximate surface area is 120 Å². The molecule has 1 aromatic rings.